The largest absolute Gasteiger partial charge is 0.366 e. The number of hydrogen-bond acceptors (Lipinski definition) is 4. The maximum atomic E-state index is 11.3. The van der Waals surface area contributed by atoms with Crippen LogP contribution in [-0.2, 0) is 0 Å². The summed E-state index contributed by atoms with van der Waals surface area (Å²) in [5.74, 6) is 1.28. The van der Waals surface area contributed by atoms with Crippen LogP contribution < -0.4 is 16.0 Å². The van der Waals surface area contributed by atoms with Crippen molar-refractivity contribution in [1.82, 2.24) is 10.3 Å². The maximum absolute atomic E-state index is 11.3. The van der Waals surface area contributed by atoms with Crippen LogP contribution in [0.5, 0.6) is 0 Å². The normalized spacial score (nSPS) is 16.4. The molecule has 0 aliphatic carbocycles. The zero-order valence-corrected chi connectivity index (χ0v) is 12.4. The van der Waals surface area contributed by atoms with Crippen LogP contribution in [0.4, 0.5) is 5.82 Å². The molecule has 0 saturated carbocycles. The van der Waals surface area contributed by atoms with E-state index in [1.807, 2.05) is 20.0 Å². The number of anilines is 1. The van der Waals surface area contributed by atoms with Gasteiger partial charge in [0.05, 0.1) is 0 Å². The zero-order valence-electron chi connectivity index (χ0n) is 12.4. The monoisotopic (exact) mass is 276 g/mol. The van der Waals surface area contributed by atoms with Gasteiger partial charge in [-0.1, -0.05) is 0 Å². The Morgan fingerprint density at radius 2 is 2.15 bits per heavy atom. The predicted molar refractivity (Wildman–Crippen MR) is 81.0 cm³/mol. The molecule has 1 aliphatic heterocycles. The first-order valence-corrected chi connectivity index (χ1v) is 7.28. The van der Waals surface area contributed by atoms with Crippen molar-refractivity contribution in [2.75, 3.05) is 31.6 Å². The summed E-state index contributed by atoms with van der Waals surface area (Å²) in [7, 11) is 2.00. The Kier molecular flexibility index (Phi) is 4.95. The van der Waals surface area contributed by atoms with Crippen LogP contribution in [-0.4, -0.2) is 37.6 Å². The zero-order chi connectivity index (χ0) is 14.5. The fraction of sp³-hybridized carbons (Fsp3) is 0.600. The Bertz CT molecular complexity index is 467. The average Bonchev–Trinajstić information content (AvgIpc) is 2.45. The summed E-state index contributed by atoms with van der Waals surface area (Å²) in [4.78, 5) is 18.1. The van der Waals surface area contributed by atoms with Crippen LogP contribution >= 0.6 is 0 Å². The van der Waals surface area contributed by atoms with Crippen molar-refractivity contribution in [2.24, 2.45) is 11.7 Å². The molecular formula is C15H24N4O. The van der Waals surface area contributed by atoms with Gasteiger partial charge in [0.15, 0.2) is 0 Å². The molecule has 110 valence electrons. The molecule has 2 rings (SSSR count). The number of nitrogens with zero attached hydrogens (tertiary/aromatic N) is 2. The van der Waals surface area contributed by atoms with E-state index in [0.29, 0.717) is 5.56 Å². The van der Waals surface area contributed by atoms with Gasteiger partial charge < -0.3 is 16.0 Å². The molecule has 0 spiro atoms. The lowest BCUT2D eigenvalue weighted by molar-refractivity contribution is 0.1000. The number of aromatic nitrogens is 1. The number of pyridine rings is 1. The van der Waals surface area contributed by atoms with Crippen LogP contribution in [0.25, 0.3) is 0 Å². The molecule has 1 saturated heterocycles. The van der Waals surface area contributed by atoms with Gasteiger partial charge >= 0.3 is 0 Å². The van der Waals surface area contributed by atoms with Crippen molar-refractivity contribution >= 4 is 11.7 Å². The minimum atomic E-state index is -0.388. The van der Waals surface area contributed by atoms with Gasteiger partial charge in [0.1, 0.15) is 5.82 Å². The quantitative estimate of drug-likeness (QED) is 0.850. The topological polar surface area (TPSA) is 71.2 Å². The average molecular weight is 276 g/mol. The van der Waals surface area contributed by atoms with Gasteiger partial charge in [-0.25, -0.2) is 4.98 Å². The third-order valence-electron chi connectivity index (χ3n) is 3.97. The van der Waals surface area contributed by atoms with E-state index in [2.05, 4.69) is 15.2 Å². The lowest BCUT2D eigenvalue weighted by Crippen LogP contribution is -2.35. The molecule has 1 aromatic heterocycles. The fourth-order valence-corrected chi connectivity index (χ4v) is 2.75. The first kappa shape index (κ1) is 14.8. The van der Waals surface area contributed by atoms with E-state index in [1.165, 1.54) is 19.3 Å². The van der Waals surface area contributed by atoms with E-state index in [1.54, 1.807) is 6.07 Å². The lowest BCUT2D eigenvalue weighted by Gasteiger charge is -2.33. The van der Waals surface area contributed by atoms with Crippen molar-refractivity contribution in [1.29, 1.82) is 0 Å². The standard InChI is InChI=1S/C15H24N4O/c1-11-9-13(15(16)20)10-14(18-11)19-7-4-12(5-8-19)3-6-17-2/h9-10,12,17H,3-8H2,1-2H3,(H2,16,20). The number of carbonyl (C=O) groups excluding carboxylic acids is 1. The number of carbonyl (C=O) groups is 1. The summed E-state index contributed by atoms with van der Waals surface area (Å²) in [5.41, 5.74) is 6.75. The molecule has 1 aromatic rings. The Balaban J connectivity index is 2.01. The fourth-order valence-electron chi connectivity index (χ4n) is 2.75. The maximum Gasteiger partial charge on any atom is 0.248 e. The molecule has 20 heavy (non-hydrogen) atoms. The SMILES string of the molecule is CNCCC1CCN(c2cc(C(N)=O)cc(C)n2)CC1. The van der Waals surface area contributed by atoms with E-state index in [9.17, 15) is 4.79 Å². The summed E-state index contributed by atoms with van der Waals surface area (Å²) >= 11 is 0. The summed E-state index contributed by atoms with van der Waals surface area (Å²) in [6.45, 7) is 4.99. The van der Waals surface area contributed by atoms with Gasteiger partial charge in [0.2, 0.25) is 5.91 Å². The molecule has 5 nitrogen and oxygen atoms in total. The number of nitrogens with one attached hydrogen (secondary N) is 1. The van der Waals surface area contributed by atoms with E-state index in [4.69, 9.17) is 5.73 Å². The molecule has 1 fully saturated rings. The second kappa shape index (κ2) is 6.70. The van der Waals surface area contributed by atoms with Crippen molar-refractivity contribution in [2.45, 2.75) is 26.2 Å². The highest BCUT2D eigenvalue weighted by atomic mass is 16.1. The Hall–Kier alpha value is -1.62. The van der Waals surface area contributed by atoms with Gasteiger partial charge in [0, 0.05) is 24.3 Å². The summed E-state index contributed by atoms with van der Waals surface area (Å²) in [6, 6.07) is 3.55. The second-order valence-corrected chi connectivity index (χ2v) is 5.54. The summed E-state index contributed by atoms with van der Waals surface area (Å²) < 4.78 is 0. The van der Waals surface area contributed by atoms with Gasteiger partial charge in [-0.15, -0.1) is 0 Å². The Labute approximate surface area is 120 Å². The molecule has 1 amide bonds. The molecule has 0 unspecified atom stereocenters. The molecular weight excluding hydrogens is 252 g/mol. The molecule has 0 bridgehead atoms. The van der Waals surface area contributed by atoms with Gasteiger partial charge in [-0.2, -0.15) is 0 Å². The highest BCUT2D eigenvalue weighted by Crippen LogP contribution is 2.24. The van der Waals surface area contributed by atoms with Crippen molar-refractivity contribution in [3.8, 4) is 0 Å². The van der Waals surface area contributed by atoms with E-state index >= 15 is 0 Å². The van der Waals surface area contributed by atoms with Crippen LogP contribution in [0.2, 0.25) is 0 Å². The minimum Gasteiger partial charge on any atom is -0.366 e. The van der Waals surface area contributed by atoms with Crippen LogP contribution in [0, 0.1) is 12.8 Å². The number of piperidine rings is 1. The number of nitrogens with two attached hydrogens (primary N) is 1. The number of primary amides is 1. The van der Waals surface area contributed by atoms with Gasteiger partial charge in [-0.05, 0) is 57.8 Å². The summed E-state index contributed by atoms with van der Waals surface area (Å²) in [6.07, 6.45) is 3.60. The van der Waals surface area contributed by atoms with Gasteiger partial charge in [0.25, 0.3) is 0 Å². The number of aryl methyl sites for hydroxylation is 1. The molecule has 0 aromatic carbocycles. The van der Waals surface area contributed by atoms with Crippen LogP contribution in [0.1, 0.15) is 35.3 Å². The lowest BCUT2D eigenvalue weighted by atomic mass is 9.93. The van der Waals surface area contributed by atoms with Gasteiger partial charge in [-0.3, -0.25) is 4.79 Å². The first-order valence-electron chi connectivity index (χ1n) is 7.28. The Morgan fingerprint density at radius 1 is 1.45 bits per heavy atom. The minimum absolute atomic E-state index is 0.388. The highest BCUT2D eigenvalue weighted by molar-refractivity contribution is 5.93. The second-order valence-electron chi connectivity index (χ2n) is 5.54. The van der Waals surface area contributed by atoms with Crippen LogP contribution in [0.15, 0.2) is 12.1 Å². The third-order valence-corrected chi connectivity index (χ3v) is 3.97. The van der Waals surface area contributed by atoms with Crippen LogP contribution in [0.3, 0.4) is 0 Å². The predicted octanol–water partition coefficient (Wildman–Crippen LogP) is 1.31. The van der Waals surface area contributed by atoms with Crippen molar-refractivity contribution in [3.63, 3.8) is 0 Å². The molecule has 0 radical (unpaired) electrons. The third kappa shape index (κ3) is 3.70. The molecule has 0 atom stereocenters. The van der Waals surface area contributed by atoms with E-state index in [0.717, 1.165) is 37.1 Å². The number of rotatable bonds is 5. The summed E-state index contributed by atoms with van der Waals surface area (Å²) in [5, 5.41) is 3.21. The molecule has 2 heterocycles. The molecule has 1 aliphatic rings. The highest BCUT2D eigenvalue weighted by Gasteiger charge is 2.20. The van der Waals surface area contributed by atoms with E-state index < -0.39 is 0 Å². The van der Waals surface area contributed by atoms with Crippen molar-refractivity contribution < 1.29 is 4.79 Å². The van der Waals surface area contributed by atoms with E-state index in [-0.39, 0.29) is 5.91 Å². The smallest absolute Gasteiger partial charge is 0.248 e. The van der Waals surface area contributed by atoms with Crippen molar-refractivity contribution in [3.05, 3.63) is 23.4 Å². The number of amides is 1. The Morgan fingerprint density at radius 3 is 2.75 bits per heavy atom. The molecule has 5 heteroatoms. The number of hydrogen-bond donors (Lipinski definition) is 2. The first-order chi connectivity index (χ1) is 9.60. The molecule has 3 N–H and O–H groups in total.